The number of thiophene rings is 1. The topological polar surface area (TPSA) is 84.5 Å². The molecule has 8 heteroatoms. The summed E-state index contributed by atoms with van der Waals surface area (Å²) in [5, 5.41) is 3.24. The lowest BCUT2D eigenvalue weighted by atomic mass is 9.96. The highest BCUT2D eigenvalue weighted by Gasteiger charge is 2.13. The lowest BCUT2D eigenvalue weighted by Gasteiger charge is -2.23. The quantitative estimate of drug-likeness (QED) is 0.426. The molecule has 120 valence electrons. The second-order valence-electron chi connectivity index (χ2n) is 5.17. The predicted octanol–water partition coefficient (Wildman–Crippen LogP) is 2.51. The van der Waals surface area contributed by atoms with Crippen molar-refractivity contribution in [2.24, 2.45) is 10.7 Å². The highest BCUT2D eigenvalue weighted by Crippen LogP contribution is 2.22. The van der Waals surface area contributed by atoms with Crippen molar-refractivity contribution in [1.82, 2.24) is 5.32 Å². The van der Waals surface area contributed by atoms with Crippen molar-refractivity contribution in [2.45, 2.75) is 48.9 Å². The summed E-state index contributed by atoms with van der Waals surface area (Å²) in [6, 6.07) is 3.84. The minimum atomic E-state index is -3.12. The van der Waals surface area contributed by atoms with Crippen LogP contribution < -0.4 is 11.1 Å². The average Bonchev–Trinajstić information content (AvgIpc) is 2.86. The molecule has 0 bridgehead atoms. The van der Waals surface area contributed by atoms with Gasteiger partial charge in [-0.15, -0.1) is 35.3 Å². The van der Waals surface area contributed by atoms with Crippen molar-refractivity contribution in [2.75, 3.05) is 6.26 Å². The summed E-state index contributed by atoms with van der Waals surface area (Å²) in [4.78, 5) is 5.18. The number of rotatable bonds is 4. The molecule has 1 aliphatic carbocycles. The van der Waals surface area contributed by atoms with Crippen LogP contribution >= 0.6 is 35.3 Å². The molecule has 1 fully saturated rings. The maximum atomic E-state index is 11.4. The van der Waals surface area contributed by atoms with Crippen molar-refractivity contribution < 1.29 is 8.42 Å². The highest BCUT2D eigenvalue weighted by atomic mass is 127. The van der Waals surface area contributed by atoms with E-state index in [2.05, 4.69) is 10.3 Å². The second kappa shape index (κ2) is 8.33. The first-order valence-electron chi connectivity index (χ1n) is 6.80. The van der Waals surface area contributed by atoms with Crippen LogP contribution in [0.15, 0.2) is 21.3 Å². The SMILES string of the molecule is CS(=O)(=O)c1ccc(CN=C(N)NC2CCCCC2)s1.I. The third kappa shape index (κ3) is 6.11. The Kier molecular flexibility index (Phi) is 7.41. The van der Waals surface area contributed by atoms with Gasteiger partial charge in [0.1, 0.15) is 4.21 Å². The van der Waals surface area contributed by atoms with Crippen molar-refractivity contribution in [1.29, 1.82) is 0 Å². The van der Waals surface area contributed by atoms with Gasteiger partial charge >= 0.3 is 0 Å². The summed E-state index contributed by atoms with van der Waals surface area (Å²) in [6.07, 6.45) is 7.30. The summed E-state index contributed by atoms with van der Waals surface area (Å²) >= 11 is 1.25. The van der Waals surface area contributed by atoms with E-state index in [0.717, 1.165) is 17.7 Å². The van der Waals surface area contributed by atoms with Crippen LogP contribution in [-0.2, 0) is 16.4 Å². The third-order valence-electron chi connectivity index (χ3n) is 3.36. The number of nitrogens with zero attached hydrogens (tertiary/aromatic N) is 1. The molecule has 3 N–H and O–H groups in total. The molecule has 0 radical (unpaired) electrons. The monoisotopic (exact) mass is 443 g/mol. The van der Waals surface area contributed by atoms with E-state index in [0.29, 0.717) is 22.8 Å². The lowest BCUT2D eigenvalue weighted by Crippen LogP contribution is -2.41. The van der Waals surface area contributed by atoms with Crippen LogP contribution in [0.4, 0.5) is 0 Å². The second-order valence-corrected chi connectivity index (χ2v) is 8.58. The Morgan fingerprint density at radius 2 is 2.05 bits per heavy atom. The number of nitrogens with one attached hydrogen (secondary N) is 1. The Morgan fingerprint density at radius 1 is 1.38 bits per heavy atom. The molecule has 0 unspecified atom stereocenters. The largest absolute Gasteiger partial charge is 0.370 e. The van der Waals surface area contributed by atoms with E-state index in [4.69, 9.17) is 5.73 Å². The van der Waals surface area contributed by atoms with Crippen LogP contribution in [0.1, 0.15) is 37.0 Å². The summed E-state index contributed by atoms with van der Waals surface area (Å²) in [5.41, 5.74) is 5.87. The maximum Gasteiger partial charge on any atom is 0.189 e. The van der Waals surface area contributed by atoms with Crippen LogP contribution in [-0.4, -0.2) is 26.7 Å². The first-order chi connectivity index (χ1) is 9.45. The minimum Gasteiger partial charge on any atom is -0.370 e. The van der Waals surface area contributed by atoms with Gasteiger partial charge in [-0.2, -0.15) is 0 Å². The fourth-order valence-electron chi connectivity index (χ4n) is 2.31. The van der Waals surface area contributed by atoms with Crippen LogP contribution in [0.25, 0.3) is 0 Å². The normalized spacial score (nSPS) is 17.3. The van der Waals surface area contributed by atoms with E-state index in [1.807, 2.05) is 0 Å². The number of sulfone groups is 1. The van der Waals surface area contributed by atoms with E-state index in [1.54, 1.807) is 12.1 Å². The van der Waals surface area contributed by atoms with E-state index in [1.165, 1.54) is 36.9 Å². The predicted molar refractivity (Wildman–Crippen MR) is 98.2 cm³/mol. The number of aliphatic imine (C=N–C) groups is 1. The van der Waals surface area contributed by atoms with Gasteiger partial charge in [-0.1, -0.05) is 19.3 Å². The molecule has 0 spiro atoms. The van der Waals surface area contributed by atoms with Gasteiger partial charge in [0, 0.05) is 17.2 Å². The smallest absolute Gasteiger partial charge is 0.189 e. The van der Waals surface area contributed by atoms with E-state index < -0.39 is 9.84 Å². The van der Waals surface area contributed by atoms with Crippen LogP contribution in [0.3, 0.4) is 0 Å². The molecule has 0 aromatic carbocycles. The Labute approximate surface area is 147 Å². The van der Waals surface area contributed by atoms with Gasteiger partial charge in [0.15, 0.2) is 15.8 Å². The molecule has 1 heterocycles. The molecule has 0 atom stereocenters. The molecule has 21 heavy (non-hydrogen) atoms. The summed E-state index contributed by atoms with van der Waals surface area (Å²) in [5.74, 6) is 0.450. The molecule has 0 aliphatic heterocycles. The Bertz CT molecular complexity index is 578. The van der Waals surface area contributed by atoms with Gasteiger partial charge in [0.25, 0.3) is 0 Å². The fourth-order valence-corrected chi connectivity index (χ4v) is 4.21. The van der Waals surface area contributed by atoms with Gasteiger partial charge < -0.3 is 11.1 Å². The molecule has 0 saturated heterocycles. The van der Waals surface area contributed by atoms with Crippen molar-refractivity contribution >= 4 is 51.1 Å². The molecule has 5 nitrogen and oxygen atoms in total. The number of nitrogens with two attached hydrogens (primary N) is 1. The first-order valence-corrected chi connectivity index (χ1v) is 9.51. The molecule has 0 amide bonds. The van der Waals surface area contributed by atoms with Crippen molar-refractivity contribution in [3.63, 3.8) is 0 Å². The Balaban J connectivity index is 0.00000220. The van der Waals surface area contributed by atoms with Crippen LogP contribution in [0.2, 0.25) is 0 Å². The Hall–Kier alpha value is -0.350. The van der Waals surface area contributed by atoms with Gasteiger partial charge in [-0.3, -0.25) is 0 Å². The molecule has 2 rings (SSSR count). The zero-order valence-electron chi connectivity index (χ0n) is 12.0. The zero-order chi connectivity index (χ0) is 14.6. The first kappa shape index (κ1) is 18.7. The molecule has 1 aromatic heterocycles. The van der Waals surface area contributed by atoms with E-state index in [9.17, 15) is 8.42 Å². The van der Waals surface area contributed by atoms with Crippen molar-refractivity contribution in [3.8, 4) is 0 Å². The molecule has 1 saturated carbocycles. The molecular formula is C13H22IN3O2S2. The average molecular weight is 443 g/mol. The molecule has 1 aliphatic rings. The number of hydrogen-bond donors (Lipinski definition) is 2. The molecule has 1 aromatic rings. The van der Waals surface area contributed by atoms with Crippen LogP contribution in [0, 0.1) is 0 Å². The molecular weight excluding hydrogens is 421 g/mol. The minimum absolute atomic E-state index is 0. The third-order valence-corrected chi connectivity index (χ3v) is 6.25. The van der Waals surface area contributed by atoms with Gasteiger partial charge in [-0.05, 0) is 25.0 Å². The maximum absolute atomic E-state index is 11.4. The zero-order valence-corrected chi connectivity index (χ0v) is 16.0. The summed E-state index contributed by atoms with van der Waals surface area (Å²) in [6.45, 7) is 0.422. The van der Waals surface area contributed by atoms with E-state index >= 15 is 0 Å². The number of guanidine groups is 1. The van der Waals surface area contributed by atoms with Crippen molar-refractivity contribution in [3.05, 3.63) is 17.0 Å². The van der Waals surface area contributed by atoms with Gasteiger partial charge in [0.2, 0.25) is 0 Å². The van der Waals surface area contributed by atoms with Crippen LogP contribution in [0.5, 0.6) is 0 Å². The summed E-state index contributed by atoms with van der Waals surface area (Å²) < 4.78 is 23.1. The standard InChI is InChI=1S/C13H21N3O2S2.HI/c1-20(17,18)12-8-7-11(19-12)9-15-13(14)16-10-5-3-2-4-6-10;/h7-8,10H,2-6,9H2,1H3,(H3,14,15,16);1H. The number of halogens is 1. The Morgan fingerprint density at radius 3 is 2.62 bits per heavy atom. The number of hydrogen-bond acceptors (Lipinski definition) is 4. The van der Waals surface area contributed by atoms with E-state index in [-0.39, 0.29) is 24.0 Å². The van der Waals surface area contributed by atoms with Gasteiger partial charge in [-0.25, -0.2) is 13.4 Å². The lowest BCUT2D eigenvalue weighted by molar-refractivity contribution is 0.412. The highest BCUT2D eigenvalue weighted by molar-refractivity contribution is 14.0. The fraction of sp³-hybridized carbons (Fsp3) is 0.615. The van der Waals surface area contributed by atoms with Gasteiger partial charge in [0.05, 0.1) is 6.54 Å². The summed E-state index contributed by atoms with van der Waals surface area (Å²) in [7, 11) is -3.12.